The van der Waals surface area contributed by atoms with Gasteiger partial charge in [-0.15, -0.1) is 0 Å². The third kappa shape index (κ3) is 5.89. The number of halogens is 1. The number of hydrogen-bond donors (Lipinski definition) is 1. The van der Waals surface area contributed by atoms with Crippen molar-refractivity contribution in [1.82, 2.24) is 5.32 Å². The number of amides is 1. The standard InChI is InChI=1S/C21H24ClNO5/c1-4-10-27-19-17(22)11-16(12-18(19)26-3)21(25)28-14(2)20(24)23-13-15-8-6-5-7-9-15/h5-9,11-12,14H,4,10,13H2,1-3H3,(H,23,24). The van der Waals surface area contributed by atoms with Gasteiger partial charge in [0.05, 0.1) is 24.3 Å². The smallest absolute Gasteiger partial charge is 0.339 e. The average molecular weight is 406 g/mol. The van der Waals surface area contributed by atoms with Gasteiger partial charge in [0.2, 0.25) is 0 Å². The van der Waals surface area contributed by atoms with Gasteiger partial charge in [-0.3, -0.25) is 4.79 Å². The summed E-state index contributed by atoms with van der Waals surface area (Å²) < 4.78 is 16.1. The Morgan fingerprint density at radius 3 is 2.54 bits per heavy atom. The van der Waals surface area contributed by atoms with Crippen LogP contribution in [-0.2, 0) is 16.1 Å². The molecule has 2 rings (SSSR count). The van der Waals surface area contributed by atoms with Crippen LogP contribution in [0.2, 0.25) is 5.02 Å². The number of esters is 1. The molecule has 0 radical (unpaired) electrons. The number of benzene rings is 2. The van der Waals surface area contributed by atoms with E-state index in [1.807, 2.05) is 37.3 Å². The molecule has 6 nitrogen and oxygen atoms in total. The van der Waals surface area contributed by atoms with Crippen LogP contribution < -0.4 is 14.8 Å². The zero-order valence-corrected chi connectivity index (χ0v) is 16.9. The fraction of sp³-hybridized carbons (Fsp3) is 0.333. The molecule has 1 unspecified atom stereocenters. The molecule has 0 fully saturated rings. The Bertz CT molecular complexity index is 810. The maximum atomic E-state index is 12.4. The molecule has 0 heterocycles. The Morgan fingerprint density at radius 1 is 1.18 bits per heavy atom. The summed E-state index contributed by atoms with van der Waals surface area (Å²) in [6, 6.07) is 12.4. The molecule has 2 aromatic rings. The van der Waals surface area contributed by atoms with E-state index in [0.717, 1.165) is 12.0 Å². The molecule has 0 bridgehead atoms. The van der Waals surface area contributed by atoms with Crippen molar-refractivity contribution in [3.05, 3.63) is 58.6 Å². The summed E-state index contributed by atoms with van der Waals surface area (Å²) in [5, 5.41) is 2.97. The fourth-order valence-corrected chi connectivity index (χ4v) is 2.66. The number of nitrogens with one attached hydrogen (secondary N) is 1. The number of rotatable bonds is 9. The molecule has 1 N–H and O–H groups in total. The van der Waals surface area contributed by atoms with Gasteiger partial charge in [-0.05, 0) is 31.0 Å². The Labute approximate surface area is 169 Å². The van der Waals surface area contributed by atoms with Crippen LogP contribution >= 0.6 is 11.6 Å². The van der Waals surface area contributed by atoms with Gasteiger partial charge in [0.1, 0.15) is 0 Å². The molecule has 0 aliphatic heterocycles. The van der Waals surface area contributed by atoms with Gasteiger partial charge in [-0.25, -0.2) is 4.79 Å². The first kappa shape index (κ1) is 21.6. The topological polar surface area (TPSA) is 73.9 Å². The minimum atomic E-state index is -0.961. The highest BCUT2D eigenvalue weighted by atomic mass is 35.5. The van der Waals surface area contributed by atoms with Gasteiger partial charge in [0.15, 0.2) is 17.6 Å². The number of methoxy groups -OCH3 is 1. The molecule has 150 valence electrons. The predicted molar refractivity (Wildman–Crippen MR) is 107 cm³/mol. The molecule has 0 spiro atoms. The summed E-state index contributed by atoms with van der Waals surface area (Å²) in [5.41, 5.74) is 1.13. The summed E-state index contributed by atoms with van der Waals surface area (Å²) in [6.45, 7) is 4.30. The van der Waals surface area contributed by atoms with Crippen molar-refractivity contribution < 1.29 is 23.8 Å². The first-order valence-electron chi connectivity index (χ1n) is 8.99. The highest BCUT2D eigenvalue weighted by Gasteiger charge is 2.21. The quantitative estimate of drug-likeness (QED) is 0.638. The molecule has 0 saturated carbocycles. The van der Waals surface area contributed by atoms with Gasteiger partial charge in [-0.2, -0.15) is 0 Å². The van der Waals surface area contributed by atoms with Crippen molar-refractivity contribution in [3.8, 4) is 11.5 Å². The van der Waals surface area contributed by atoms with E-state index in [4.69, 9.17) is 25.8 Å². The van der Waals surface area contributed by atoms with Crippen LogP contribution in [0.25, 0.3) is 0 Å². The van der Waals surface area contributed by atoms with Gasteiger partial charge in [0, 0.05) is 6.54 Å². The molecule has 28 heavy (non-hydrogen) atoms. The Balaban J connectivity index is 2.00. The molecule has 0 aliphatic carbocycles. The maximum Gasteiger partial charge on any atom is 0.339 e. The van der Waals surface area contributed by atoms with Crippen LogP contribution in [0, 0.1) is 0 Å². The van der Waals surface area contributed by atoms with Gasteiger partial charge in [-0.1, -0.05) is 48.9 Å². The van der Waals surface area contributed by atoms with Gasteiger partial charge in [0.25, 0.3) is 5.91 Å². The van der Waals surface area contributed by atoms with Crippen LogP contribution in [0.15, 0.2) is 42.5 Å². The lowest BCUT2D eigenvalue weighted by molar-refractivity contribution is -0.129. The molecule has 2 aromatic carbocycles. The second-order valence-corrected chi connectivity index (χ2v) is 6.50. The Kier molecular flexibility index (Phi) is 8.14. The Morgan fingerprint density at radius 2 is 1.89 bits per heavy atom. The number of hydrogen-bond acceptors (Lipinski definition) is 5. The Hall–Kier alpha value is -2.73. The van der Waals surface area contributed by atoms with Crippen LogP contribution in [0.4, 0.5) is 0 Å². The van der Waals surface area contributed by atoms with E-state index in [0.29, 0.717) is 24.7 Å². The summed E-state index contributed by atoms with van der Waals surface area (Å²) >= 11 is 6.22. The van der Waals surface area contributed by atoms with Crippen LogP contribution in [0.1, 0.15) is 36.2 Å². The van der Waals surface area contributed by atoms with E-state index in [2.05, 4.69) is 5.32 Å². The van der Waals surface area contributed by atoms with Crippen LogP contribution in [0.5, 0.6) is 11.5 Å². The number of carbonyl (C=O) groups excluding carboxylic acids is 2. The molecule has 0 aromatic heterocycles. The predicted octanol–water partition coefficient (Wildman–Crippen LogP) is 4.00. The third-order valence-electron chi connectivity index (χ3n) is 3.88. The van der Waals surface area contributed by atoms with Crippen molar-refractivity contribution in [3.63, 3.8) is 0 Å². The molecule has 1 amide bonds. The minimum Gasteiger partial charge on any atom is -0.493 e. The van der Waals surface area contributed by atoms with E-state index in [-0.39, 0.29) is 10.6 Å². The molecule has 0 saturated heterocycles. The van der Waals surface area contributed by atoms with Crippen LogP contribution in [-0.4, -0.2) is 31.7 Å². The zero-order valence-electron chi connectivity index (χ0n) is 16.2. The molecule has 1 atom stereocenters. The normalized spacial score (nSPS) is 11.4. The second-order valence-electron chi connectivity index (χ2n) is 6.09. The van der Waals surface area contributed by atoms with Crippen molar-refractivity contribution in [2.24, 2.45) is 0 Å². The van der Waals surface area contributed by atoms with Crippen molar-refractivity contribution in [1.29, 1.82) is 0 Å². The average Bonchev–Trinajstić information content (AvgIpc) is 2.71. The van der Waals surface area contributed by atoms with E-state index in [1.54, 1.807) is 0 Å². The largest absolute Gasteiger partial charge is 0.493 e. The van der Waals surface area contributed by atoms with Crippen molar-refractivity contribution >= 4 is 23.5 Å². The summed E-state index contributed by atoms with van der Waals surface area (Å²) in [5.74, 6) is -0.368. The number of carbonyl (C=O) groups is 2. The summed E-state index contributed by atoms with van der Waals surface area (Å²) in [6.07, 6.45) is -0.157. The number of ether oxygens (including phenoxy) is 3. The highest BCUT2D eigenvalue weighted by molar-refractivity contribution is 6.32. The van der Waals surface area contributed by atoms with E-state index >= 15 is 0 Å². The van der Waals surface area contributed by atoms with Crippen molar-refractivity contribution in [2.45, 2.75) is 32.9 Å². The summed E-state index contributed by atoms with van der Waals surface area (Å²) in [7, 11) is 1.46. The van der Waals surface area contributed by atoms with Crippen molar-refractivity contribution in [2.75, 3.05) is 13.7 Å². The lowest BCUT2D eigenvalue weighted by Crippen LogP contribution is -2.35. The second kappa shape index (κ2) is 10.6. The molecular weight excluding hydrogens is 382 g/mol. The fourth-order valence-electron chi connectivity index (χ4n) is 2.39. The highest BCUT2D eigenvalue weighted by Crippen LogP contribution is 2.36. The first-order valence-corrected chi connectivity index (χ1v) is 9.37. The molecule has 7 heteroatoms. The third-order valence-corrected chi connectivity index (χ3v) is 4.16. The molecule has 0 aliphatic rings. The van der Waals surface area contributed by atoms with Gasteiger partial charge >= 0.3 is 5.97 Å². The van der Waals surface area contributed by atoms with E-state index in [9.17, 15) is 9.59 Å². The van der Waals surface area contributed by atoms with Crippen LogP contribution in [0.3, 0.4) is 0 Å². The molecular formula is C21H24ClNO5. The zero-order chi connectivity index (χ0) is 20.5. The first-order chi connectivity index (χ1) is 13.5. The minimum absolute atomic E-state index is 0.174. The lowest BCUT2D eigenvalue weighted by atomic mass is 10.2. The lowest BCUT2D eigenvalue weighted by Gasteiger charge is -2.16. The van der Waals surface area contributed by atoms with Gasteiger partial charge < -0.3 is 19.5 Å². The summed E-state index contributed by atoms with van der Waals surface area (Å²) in [4.78, 5) is 24.6. The van der Waals surface area contributed by atoms with E-state index < -0.39 is 18.0 Å². The SMILES string of the molecule is CCCOc1c(Cl)cc(C(=O)OC(C)C(=O)NCc2ccccc2)cc1OC. The monoisotopic (exact) mass is 405 g/mol. The maximum absolute atomic E-state index is 12.4. The van der Waals surface area contributed by atoms with E-state index in [1.165, 1.54) is 26.2 Å².